The average Bonchev–Trinajstić information content (AvgIpc) is 2.50. The predicted octanol–water partition coefficient (Wildman–Crippen LogP) is 1.24. The lowest BCUT2D eigenvalue weighted by Crippen LogP contribution is -2.51. The van der Waals surface area contributed by atoms with Crippen LogP contribution in [0.4, 0.5) is 4.79 Å². The van der Waals surface area contributed by atoms with E-state index in [1.165, 1.54) is 6.92 Å². The maximum absolute atomic E-state index is 12.4. The van der Waals surface area contributed by atoms with E-state index in [0.717, 1.165) is 4.90 Å². The number of esters is 2. The van der Waals surface area contributed by atoms with Gasteiger partial charge in [0.25, 0.3) is 0 Å². The topological polar surface area (TPSA) is 111 Å². The van der Waals surface area contributed by atoms with E-state index in [2.05, 4.69) is 5.32 Å². The van der Waals surface area contributed by atoms with Gasteiger partial charge in [-0.05, 0) is 41.5 Å². The van der Waals surface area contributed by atoms with Gasteiger partial charge in [0.2, 0.25) is 5.91 Å². The van der Waals surface area contributed by atoms with E-state index in [9.17, 15) is 19.2 Å². The van der Waals surface area contributed by atoms with Crippen LogP contribution in [-0.4, -0.2) is 66.8 Å². The first kappa shape index (κ1) is 23.7. The summed E-state index contributed by atoms with van der Waals surface area (Å²) in [5.74, 6) is -1.61. The van der Waals surface area contributed by atoms with E-state index in [-0.39, 0.29) is 26.2 Å². The second kappa shape index (κ2) is 11.3. The first-order valence-electron chi connectivity index (χ1n) is 8.60. The second-order valence-electron chi connectivity index (χ2n) is 6.44. The van der Waals surface area contributed by atoms with E-state index in [4.69, 9.17) is 14.2 Å². The van der Waals surface area contributed by atoms with Crippen LogP contribution in [0.15, 0.2) is 0 Å². The number of carbonyl (C=O) groups excluding carboxylic acids is 4. The summed E-state index contributed by atoms with van der Waals surface area (Å²) in [5.41, 5.74) is -0.788. The molecule has 0 fully saturated rings. The van der Waals surface area contributed by atoms with Crippen LogP contribution in [0.5, 0.6) is 0 Å². The molecule has 1 unspecified atom stereocenters. The molecule has 9 nitrogen and oxygen atoms in total. The summed E-state index contributed by atoms with van der Waals surface area (Å²) in [6, 6.07) is -0.989. The molecule has 0 spiro atoms. The summed E-state index contributed by atoms with van der Waals surface area (Å²) in [4.78, 5) is 48.7. The molecule has 0 bridgehead atoms. The van der Waals surface area contributed by atoms with Crippen LogP contribution in [0.25, 0.3) is 0 Å². The van der Waals surface area contributed by atoms with Gasteiger partial charge in [-0.2, -0.15) is 0 Å². The summed E-state index contributed by atoms with van der Waals surface area (Å²) in [6.07, 6.45) is -0.796. The minimum atomic E-state index is -0.989. The van der Waals surface area contributed by atoms with Gasteiger partial charge in [0.15, 0.2) is 0 Å². The Labute approximate surface area is 154 Å². The quantitative estimate of drug-likeness (QED) is 0.477. The molecule has 0 aromatic rings. The Morgan fingerprint density at radius 2 is 1.54 bits per heavy atom. The molecule has 0 aromatic heterocycles. The highest BCUT2D eigenvalue weighted by atomic mass is 16.6. The Morgan fingerprint density at radius 3 is 2.04 bits per heavy atom. The minimum absolute atomic E-state index is 0.0105. The lowest BCUT2D eigenvalue weighted by Gasteiger charge is -2.30. The van der Waals surface area contributed by atoms with Crippen molar-refractivity contribution in [1.82, 2.24) is 10.2 Å². The van der Waals surface area contributed by atoms with Gasteiger partial charge in [0.05, 0.1) is 19.6 Å². The lowest BCUT2D eigenvalue weighted by atomic mass is 10.2. The Bertz CT molecular complexity index is 500. The highest BCUT2D eigenvalue weighted by Crippen LogP contribution is 2.12. The van der Waals surface area contributed by atoms with E-state index < -0.39 is 42.1 Å². The van der Waals surface area contributed by atoms with Crippen LogP contribution in [0, 0.1) is 0 Å². The van der Waals surface area contributed by atoms with Gasteiger partial charge in [-0.3, -0.25) is 19.3 Å². The molecule has 0 rings (SSSR count). The number of ether oxygens (including phenoxy) is 3. The van der Waals surface area contributed by atoms with E-state index >= 15 is 0 Å². The Hall–Kier alpha value is -2.32. The number of amides is 2. The van der Waals surface area contributed by atoms with Crippen LogP contribution in [0.3, 0.4) is 0 Å². The number of hydrogen-bond acceptors (Lipinski definition) is 7. The van der Waals surface area contributed by atoms with Gasteiger partial charge in [-0.15, -0.1) is 0 Å². The summed E-state index contributed by atoms with van der Waals surface area (Å²) >= 11 is 0. The number of nitrogens with zero attached hydrogens (tertiary/aromatic N) is 1. The molecule has 0 aliphatic rings. The maximum Gasteiger partial charge on any atom is 0.411 e. The molecule has 0 saturated carbocycles. The summed E-state index contributed by atoms with van der Waals surface area (Å²) in [6.45, 7) is 9.87. The van der Waals surface area contributed by atoms with E-state index in [0.29, 0.717) is 0 Å². The number of hydrogen-bond donors (Lipinski definition) is 1. The predicted molar refractivity (Wildman–Crippen MR) is 93.3 cm³/mol. The van der Waals surface area contributed by atoms with Gasteiger partial charge >= 0.3 is 18.0 Å². The van der Waals surface area contributed by atoms with Crippen LogP contribution in [-0.2, 0) is 28.6 Å². The normalized spacial score (nSPS) is 11.9. The Kier molecular flexibility index (Phi) is 10.3. The zero-order valence-electron chi connectivity index (χ0n) is 16.4. The van der Waals surface area contributed by atoms with Gasteiger partial charge < -0.3 is 19.5 Å². The molecule has 0 heterocycles. The fourth-order valence-corrected chi connectivity index (χ4v) is 1.84. The number of carbonyl (C=O) groups is 4. The third-order valence-corrected chi connectivity index (χ3v) is 3.01. The summed E-state index contributed by atoms with van der Waals surface area (Å²) < 4.78 is 14.9. The van der Waals surface area contributed by atoms with Gasteiger partial charge in [-0.25, -0.2) is 4.79 Å². The second-order valence-corrected chi connectivity index (χ2v) is 6.44. The lowest BCUT2D eigenvalue weighted by molar-refractivity contribution is -0.145. The smallest absolute Gasteiger partial charge is 0.411 e. The van der Waals surface area contributed by atoms with Crippen molar-refractivity contribution < 1.29 is 33.4 Å². The van der Waals surface area contributed by atoms with Crippen molar-refractivity contribution in [3.8, 4) is 0 Å². The van der Waals surface area contributed by atoms with Crippen molar-refractivity contribution in [2.75, 3.05) is 26.3 Å². The molecule has 0 aliphatic heterocycles. The van der Waals surface area contributed by atoms with Gasteiger partial charge in [0, 0.05) is 6.54 Å². The average molecular weight is 374 g/mol. The number of nitrogens with one attached hydrogen (secondary N) is 1. The Morgan fingerprint density at radius 1 is 1.00 bits per heavy atom. The van der Waals surface area contributed by atoms with Gasteiger partial charge in [-0.1, -0.05) is 0 Å². The van der Waals surface area contributed by atoms with Crippen LogP contribution < -0.4 is 5.32 Å². The first-order valence-corrected chi connectivity index (χ1v) is 8.60. The zero-order chi connectivity index (χ0) is 20.3. The third kappa shape index (κ3) is 9.85. The fraction of sp³-hybridized carbons (Fsp3) is 0.765. The van der Waals surface area contributed by atoms with Crippen LogP contribution in [0.2, 0.25) is 0 Å². The SMILES string of the molecule is CCOC(=O)CCNC(=O)C(C)N(CC(=O)OCC)C(=O)OC(C)(C)C. The fourth-order valence-electron chi connectivity index (χ4n) is 1.84. The van der Waals surface area contributed by atoms with Gasteiger partial charge in [0.1, 0.15) is 18.2 Å². The monoisotopic (exact) mass is 374 g/mol. The molecule has 0 aliphatic carbocycles. The molecular weight excluding hydrogens is 344 g/mol. The molecule has 26 heavy (non-hydrogen) atoms. The largest absolute Gasteiger partial charge is 0.466 e. The Balaban J connectivity index is 4.92. The van der Waals surface area contributed by atoms with E-state index in [1.54, 1.807) is 34.6 Å². The van der Waals surface area contributed by atoms with Crippen molar-refractivity contribution >= 4 is 23.9 Å². The third-order valence-electron chi connectivity index (χ3n) is 3.01. The van der Waals surface area contributed by atoms with Crippen LogP contribution >= 0.6 is 0 Å². The summed E-state index contributed by atoms with van der Waals surface area (Å²) in [7, 11) is 0. The standard InChI is InChI=1S/C17H30N2O7/c1-7-24-13(20)9-10-18-15(22)12(3)19(11-14(21)25-8-2)16(23)26-17(4,5)6/h12H,7-11H2,1-6H3,(H,18,22). The highest BCUT2D eigenvalue weighted by Gasteiger charge is 2.31. The van der Waals surface area contributed by atoms with E-state index in [1.807, 2.05) is 0 Å². The van der Waals surface area contributed by atoms with Crippen molar-refractivity contribution in [2.45, 2.75) is 59.6 Å². The molecule has 0 radical (unpaired) electrons. The molecule has 0 saturated heterocycles. The van der Waals surface area contributed by atoms with Crippen molar-refractivity contribution in [3.63, 3.8) is 0 Å². The minimum Gasteiger partial charge on any atom is -0.466 e. The first-order chi connectivity index (χ1) is 12.0. The van der Waals surface area contributed by atoms with Crippen molar-refractivity contribution in [3.05, 3.63) is 0 Å². The molecule has 1 N–H and O–H groups in total. The molecule has 2 amide bonds. The molecule has 0 aromatic carbocycles. The molecule has 1 atom stereocenters. The maximum atomic E-state index is 12.4. The number of rotatable bonds is 9. The molecule has 9 heteroatoms. The van der Waals surface area contributed by atoms with Crippen molar-refractivity contribution in [2.24, 2.45) is 0 Å². The molecular formula is C17H30N2O7. The van der Waals surface area contributed by atoms with Crippen molar-refractivity contribution in [1.29, 1.82) is 0 Å². The van der Waals surface area contributed by atoms with Crippen LogP contribution in [0.1, 0.15) is 48.0 Å². The zero-order valence-corrected chi connectivity index (χ0v) is 16.4. The summed E-state index contributed by atoms with van der Waals surface area (Å²) in [5, 5.41) is 2.53. The highest BCUT2D eigenvalue weighted by molar-refractivity contribution is 5.87. The molecule has 150 valence electrons.